The Hall–Kier alpha value is 3.09. The smallest absolute Gasteiger partial charge is 1.00 e. The Morgan fingerprint density at radius 2 is 0.500 bits per heavy atom. The third kappa shape index (κ3) is 35.7. The van der Waals surface area contributed by atoms with E-state index >= 15 is 0 Å². The standard InChI is InChI=1S/C20H42O6S2.2K.2H/c21-27(22,23)19-17-15-13-11-9-7-5-3-1-2-4-6-8-10-12-14-16-18-20-28(24,25)26;;;;/h1-20H2,(H,21,22,23)(H,24,25,26);;;;/q;2*+1;2*-1. The molecule has 0 rings (SSSR count). The maximum Gasteiger partial charge on any atom is 1.00 e. The number of rotatable bonds is 21. The van der Waals surface area contributed by atoms with Gasteiger partial charge in [-0.1, -0.05) is 103 Å². The molecule has 2 N–H and O–H groups in total. The summed E-state index contributed by atoms with van der Waals surface area (Å²) in [6, 6.07) is 0. The predicted molar refractivity (Wildman–Crippen MR) is 118 cm³/mol. The zero-order chi connectivity index (χ0) is 21.1. The molecule has 6 nitrogen and oxygen atoms in total. The van der Waals surface area contributed by atoms with Crippen molar-refractivity contribution in [3.8, 4) is 0 Å². The van der Waals surface area contributed by atoms with Crippen molar-refractivity contribution in [3.63, 3.8) is 0 Å². The molecule has 0 aromatic heterocycles. The first-order valence-electron chi connectivity index (χ1n) is 11.1. The van der Waals surface area contributed by atoms with Crippen LogP contribution in [0, 0.1) is 0 Å². The second-order valence-corrected chi connectivity index (χ2v) is 11.1. The van der Waals surface area contributed by atoms with Crippen LogP contribution in [-0.4, -0.2) is 37.4 Å². The average Bonchev–Trinajstić information content (AvgIpc) is 2.58. The average molecular weight is 523 g/mol. The Labute approximate surface area is 274 Å². The zero-order valence-electron chi connectivity index (χ0n) is 21.5. The summed E-state index contributed by atoms with van der Waals surface area (Å²) in [4.78, 5) is 0. The third-order valence-electron chi connectivity index (χ3n) is 5.05. The van der Waals surface area contributed by atoms with Gasteiger partial charge in [0.15, 0.2) is 0 Å². The van der Waals surface area contributed by atoms with E-state index in [2.05, 4.69) is 0 Å². The molecule has 0 fully saturated rings. The molecular formula is C20H44K2O6S2. The Morgan fingerprint density at radius 3 is 0.633 bits per heavy atom. The van der Waals surface area contributed by atoms with Gasteiger partial charge in [0.25, 0.3) is 20.2 Å². The van der Waals surface area contributed by atoms with E-state index in [0.717, 1.165) is 38.5 Å². The van der Waals surface area contributed by atoms with Gasteiger partial charge in [-0.25, -0.2) is 0 Å². The molecule has 0 spiro atoms. The normalized spacial score (nSPS) is 11.7. The van der Waals surface area contributed by atoms with Gasteiger partial charge < -0.3 is 2.85 Å². The molecular weight excluding hydrogens is 479 g/mol. The summed E-state index contributed by atoms with van der Waals surface area (Å²) < 4.78 is 59.6. The Morgan fingerprint density at radius 1 is 0.367 bits per heavy atom. The van der Waals surface area contributed by atoms with Gasteiger partial charge in [-0.15, -0.1) is 0 Å². The first-order valence-corrected chi connectivity index (χ1v) is 14.3. The molecule has 0 aliphatic carbocycles. The van der Waals surface area contributed by atoms with Gasteiger partial charge in [0.1, 0.15) is 0 Å². The summed E-state index contributed by atoms with van der Waals surface area (Å²) in [5.41, 5.74) is 0. The largest absolute Gasteiger partial charge is 1.00 e. The first-order chi connectivity index (χ1) is 13.2. The Balaban J connectivity index is -0.000000607. The van der Waals surface area contributed by atoms with E-state index in [1.165, 1.54) is 64.2 Å². The van der Waals surface area contributed by atoms with Crippen LogP contribution in [0.15, 0.2) is 0 Å². The third-order valence-corrected chi connectivity index (χ3v) is 6.66. The minimum absolute atomic E-state index is 0. The van der Waals surface area contributed by atoms with Crippen LogP contribution < -0.4 is 103 Å². The van der Waals surface area contributed by atoms with E-state index in [9.17, 15) is 16.8 Å². The summed E-state index contributed by atoms with van der Waals surface area (Å²) in [7, 11) is -7.56. The molecule has 0 unspecified atom stereocenters. The fourth-order valence-corrected chi connectivity index (χ4v) is 4.54. The molecule has 10 heteroatoms. The molecule has 174 valence electrons. The summed E-state index contributed by atoms with van der Waals surface area (Å²) >= 11 is 0. The predicted octanol–water partition coefficient (Wildman–Crippen LogP) is 0.0168. The second kappa shape index (κ2) is 25.2. The molecule has 0 bridgehead atoms. The Bertz CT molecular complexity index is 514. The van der Waals surface area contributed by atoms with Gasteiger partial charge >= 0.3 is 103 Å². The van der Waals surface area contributed by atoms with Crippen LogP contribution in [0.2, 0.25) is 0 Å². The molecule has 0 atom stereocenters. The zero-order valence-corrected chi connectivity index (χ0v) is 27.4. The van der Waals surface area contributed by atoms with Crippen molar-refractivity contribution in [1.82, 2.24) is 0 Å². The van der Waals surface area contributed by atoms with Crippen LogP contribution >= 0.6 is 0 Å². The minimum atomic E-state index is -3.78. The van der Waals surface area contributed by atoms with Crippen molar-refractivity contribution < 1.29 is 132 Å². The van der Waals surface area contributed by atoms with Crippen molar-refractivity contribution in [3.05, 3.63) is 0 Å². The van der Waals surface area contributed by atoms with E-state index in [1.54, 1.807) is 0 Å². The summed E-state index contributed by atoms with van der Waals surface area (Å²) in [5, 5.41) is 0. The minimum Gasteiger partial charge on any atom is -1.00 e. The van der Waals surface area contributed by atoms with Crippen LogP contribution in [0.3, 0.4) is 0 Å². The van der Waals surface area contributed by atoms with Gasteiger partial charge in [-0.05, 0) is 12.8 Å². The fourth-order valence-electron chi connectivity index (χ4n) is 3.40. The van der Waals surface area contributed by atoms with Gasteiger partial charge in [-0.3, -0.25) is 9.11 Å². The van der Waals surface area contributed by atoms with Crippen molar-refractivity contribution in [2.75, 3.05) is 11.5 Å². The van der Waals surface area contributed by atoms with Crippen molar-refractivity contribution >= 4 is 20.2 Å². The molecule has 0 saturated carbocycles. The molecule has 0 aliphatic rings. The monoisotopic (exact) mass is 522 g/mol. The molecule has 0 heterocycles. The van der Waals surface area contributed by atoms with Gasteiger partial charge in [0.2, 0.25) is 0 Å². The number of unbranched alkanes of at least 4 members (excludes halogenated alkanes) is 17. The summed E-state index contributed by atoms with van der Waals surface area (Å²) in [6.07, 6.45) is 20.0. The molecule has 0 amide bonds. The topological polar surface area (TPSA) is 109 Å². The van der Waals surface area contributed by atoms with E-state index in [1.807, 2.05) is 0 Å². The van der Waals surface area contributed by atoms with Crippen molar-refractivity contribution in [2.45, 2.75) is 116 Å². The van der Waals surface area contributed by atoms with Gasteiger partial charge in [-0.2, -0.15) is 16.8 Å². The maximum atomic E-state index is 10.6. The van der Waals surface area contributed by atoms with Crippen LogP contribution in [0.5, 0.6) is 0 Å². The van der Waals surface area contributed by atoms with Crippen LogP contribution in [0.1, 0.15) is 118 Å². The molecule has 0 radical (unpaired) electrons. The molecule has 0 aliphatic heterocycles. The summed E-state index contributed by atoms with van der Waals surface area (Å²) in [5.74, 6) is -0.214. The quantitative estimate of drug-likeness (QED) is 0.125. The van der Waals surface area contributed by atoms with E-state index in [4.69, 9.17) is 9.11 Å². The van der Waals surface area contributed by atoms with Crippen LogP contribution in [-0.2, 0) is 20.2 Å². The van der Waals surface area contributed by atoms with Crippen molar-refractivity contribution in [1.29, 1.82) is 0 Å². The van der Waals surface area contributed by atoms with Crippen LogP contribution in [0.25, 0.3) is 0 Å². The van der Waals surface area contributed by atoms with E-state index in [-0.39, 0.29) is 117 Å². The molecule has 0 aromatic rings. The first kappa shape index (κ1) is 37.6. The van der Waals surface area contributed by atoms with E-state index in [0.29, 0.717) is 12.8 Å². The Kier molecular flexibility index (Phi) is 31.6. The number of hydrogen-bond donors (Lipinski definition) is 2. The van der Waals surface area contributed by atoms with Gasteiger partial charge in [0, 0.05) is 0 Å². The SMILES string of the molecule is O=S(=O)(O)CCCCCCCCCCCCCCCCCCCCS(=O)(=O)O.[H-].[H-].[K+].[K+]. The molecule has 0 aromatic carbocycles. The van der Waals surface area contributed by atoms with Crippen molar-refractivity contribution in [2.24, 2.45) is 0 Å². The fraction of sp³-hybridized carbons (Fsp3) is 1.00. The van der Waals surface area contributed by atoms with Gasteiger partial charge in [0.05, 0.1) is 11.5 Å². The van der Waals surface area contributed by atoms with Crippen LogP contribution in [0.4, 0.5) is 0 Å². The summed E-state index contributed by atoms with van der Waals surface area (Å²) in [6.45, 7) is 0. The number of hydrogen-bond acceptors (Lipinski definition) is 4. The molecule has 0 saturated heterocycles. The molecule has 30 heavy (non-hydrogen) atoms. The van der Waals surface area contributed by atoms with E-state index < -0.39 is 20.2 Å². The maximum absolute atomic E-state index is 10.6. The second-order valence-electron chi connectivity index (χ2n) is 7.94.